The van der Waals surface area contributed by atoms with E-state index in [9.17, 15) is 4.57 Å². The van der Waals surface area contributed by atoms with Crippen LogP contribution >= 0.6 is 7.60 Å². The van der Waals surface area contributed by atoms with E-state index in [1.807, 2.05) is 13.0 Å². The first-order valence-corrected chi connectivity index (χ1v) is 6.53. The van der Waals surface area contributed by atoms with Crippen LogP contribution in [0.15, 0.2) is 11.4 Å². The molecule has 1 aliphatic heterocycles. The molecule has 0 saturated carbocycles. The first kappa shape index (κ1) is 12.0. The molecule has 0 amide bonds. The van der Waals surface area contributed by atoms with Gasteiger partial charge in [-0.3, -0.25) is 4.57 Å². The Morgan fingerprint density at radius 2 is 1.86 bits per heavy atom. The second-order valence-electron chi connectivity index (χ2n) is 4.52. The number of hydrogen-bond donors (Lipinski definition) is 0. The standard InChI is InChI=1S/C10H19O3P/c1-5-9(8-10(2,3)4)14(11)12-6-7-13-14/h8H,5-7H2,1-4H3/b9-8+. The van der Waals surface area contributed by atoms with Crippen LogP contribution in [0.1, 0.15) is 34.1 Å². The molecule has 3 nitrogen and oxygen atoms in total. The highest BCUT2D eigenvalue weighted by Crippen LogP contribution is 2.60. The summed E-state index contributed by atoms with van der Waals surface area (Å²) in [6.45, 7) is 9.08. The zero-order valence-corrected chi connectivity index (χ0v) is 10.3. The molecule has 4 heteroatoms. The van der Waals surface area contributed by atoms with Crippen molar-refractivity contribution in [3.05, 3.63) is 11.4 Å². The summed E-state index contributed by atoms with van der Waals surface area (Å²) in [5, 5.41) is 0.808. The molecule has 0 aromatic carbocycles. The molecule has 0 radical (unpaired) electrons. The van der Waals surface area contributed by atoms with Crippen molar-refractivity contribution >= 4 is 7.60 Å². The summed E-state index contributed by atoms with van der Waals surface area (Å²) in [5.41, 5.74) is 0.0120. The minimum absolute atomic E-state index is 0.0120. The summed E-state index contributed by atoms with van der Waals surface area (Å²) in [7, 11) is -2.92. The minimum atomic E-state index is -2.92. The molecule has 0 aromatic heterocycles. The van der Waals surface area contributed by atoms with Gasteiger partial charge in [0.1, 0.15) is 0 Å². The Labute approximate surface area is 86.0 Å². The first-order chi connectivity index (χ1) is 6.37. The molecule has 0 aliphatic carbocycles. The average Bonchev–Trinajstić information content (AvgIpc) is 2.47. The quantitative estimate of drug-likeness (QED) is 0.665. The first-order valence-electron chi connectivity index (χ1n) is 4.99. The van der Waals surface area contributed by atoms with Gasteiger partial charge in [0.25, 0.3) is 0 Å². The van der Waals surface area contributed by atoms with Gasteiger partial charge in [0.05, 0.1) is 13.2 Å². The average molecular weight is 218 g/mol. The predicted octanol–water partition coefficient (Wildman–Crippen LogP) is 3.57. The molecule has 1 aliphatic rings. The highest BCUT2D eigenvalue weighted by molar-refractivity contribution is 7.58. The van der Waals surface area contributed by atoms with Crippen LogP contribution in [0.4, 0.5) is 0 Å². The van der Waals surface area contributed by atoms with Gasteiger partial charge >= 0.3 is 7.60 Å². The van der Waals surface area contributed by atoms with Crippen LogP contribution in [0.25, 0.3) is 0 Å². The van der Waals surface area contributed by atoms with Gasteiger partial charge in [-0.15, -0.1) is 0 Å². The largest absolute Gasteiger partial charge is 0.357 e. The number of hydrogen-bond acceptors (Lipinski definition) is 3. The SMILES string of the molecule is CC/C(=C\C(C)(C)C)P1(=O)OCCO1. The highest BCUT2D eigenvalue weighted by atomic mass is 31.2. The molecule has 0 unspecified atom stereocenters. The maximum absolute atomic E-state index is 12.1. The number of rotatable bonds is 2. The Balaban J connectivity index is 2.91. The van der Waals surface area contributed by atoms with E-state index < -0.39 is 7.60 Å². The van der Waals surface area contributed by atoms with Crippen molar-refractivity contribution in [3.8, 4) is 0 Å². The van der Waals surface area contributed by atoms with Crippen LogP contribution < -0.4 is 0 Å². The Hall–Kier alpha value is -0.110. The number of allylic oxidation sites excluding steroid dienone is 2. The maximum atomic E-state index is 12.1. The molecule has 0 atom stereocenters. The van der Waals surface area contributed by atoms with E-state index in [0.717, 1.165) is 5.31 Å². The van der Waals surface area contributed by atoms with E-state index in [2.05, 4.69) is 20.8 Å². The minimum Gasteiger partial charge on any atom is -0.303 e. The van der Waals surface area contributed by atoms with Gasteiger partial charge in [-0.25, -0.2) is 0 Å². The lowest BCUT2D eigenvalue weighted by Crippen LogP contribution is -2.02. The third-order valence-corrected chi connectivity index (χ3v) is 4.11. The topological polar surface area (TPSA) is 35.5 Å². The molecule has 82 valence electrons. The Morgan fingerprint density at radius 1 is 1.36 bits per heavy atom. The van der Waals surface area contributed by atoms with Gasteiger partial charge in [0, 0.05) is 5.31 Å². The molecule has 0 bridgehead atoms. The molecule has 1 heterocycles. The summed E-state index contributed by atoms with van der Waals surface area (Å²) >= 11 is 0. The lowest BCUT2D eigenvalue weighted by Gasteiger charge is -2.18. The van der Waals surface area contributed by atoms with E-state index in [0.29, 0.717) is 19.6 Å². The molecule has 0 spiro atoms. The van der Waals surface area contributed by atoms with Crippen LogP contribution in [-0.4, -0.2) is 13.2 Å². The molecule has 1 rings (SSSR count). The van der Waals surface area contributed by atoms with Gasteiger partial charge in [-0.05, 0) is 11.8 Å². The molecule has 0 aromatic rings. The molecule has 1 saturated heterocycles. The third-order valence-electron chi connectivity index (χ3n) is 1.92. The van der Waals surface area contributed by atoms with Gasteiger partial charge in [0.2, 0.25) is 0 Å². The van der Waals surface area contributed by atoms with E-state index in [1.165, 1.54) is 0 Å². The summed E-state index contributed by atoms with van der Waals surface area (Å²) in [4.78, 5) is 0. The van der Waals surface area contributed by atoms with E-state index >= 15 is 0 Å². The zero-order chi connectivity index (χ0) is 10.8. The van der Waals surface area contributed by atoms with E-state index in [-0.39, 0.29) is 5.41 Å². The van der Waals surface area contributed by atoms with Gasteiger partial charge in [-0.2, -0.15) is 0 Å². The van der Waals surface area contributed by atoms with E-state index in [1.54, 1.807) is 0 Å². The highest BCUT2D eigenvalue weighted by Gasteiger charge is 2.34. The second-order valence-corrected chi connectivity index (χ2v) is 6.60. The van der Waals surface area contributed by atoms with Crippen LogP contribution in [0, 0.1) is 5.41 Å². The van der Waals surface area contributed by atoms with Gasteiger partial charge < -0.3 is 9.05 Å². The van der Waals surface area contributed by atoms with Crippen LogP contribution in [-0.2, 0) is 13.6 Å². The third kappa shape index (κ3) is 2.94. The van der Waals surface area contributed by atoms with Gasteiger partial charge in [-0.1, -0.05) is 33.8 Å². The van der Waals surface area contributed by atoms with Crippen molar-refractivity contribution in [2.24, 2.45) is 5.41 Å². The molecular formula is C10H19O3P. The fourth-order valence-electron chi connectivity index (χ4n) is 1.39. The smallest absolute Gasteiger partial charge is 0.303 e. The van der Waals surface area contributed by atoms with Crippen molar-refractivity contribution < 1.29 is 13.6 Å². The van der Waals surface area contributed by atoms with Crippen LogP contribution in [0.3, 0.4) is 0 Å². The molecule has 1 fully saturated rings. The normalized spacial score (nSPS) is 22.7. The summed E-state index contributed by atoms with van der Waals surface area (Å²) in [6.07, 6.45) is 2.72. The van der Waals surface area contributed by atoms with Crippen molar-refractivity contribution in [3.63, 3.8) is 0 Å². The van der Waals surface area contributed by atoms with Crippen molar-refractivity contribution in [2.45, 2.75) is 34.1 Å². The second kappa shape index (κ2) is 4.18. The predicted molar refractivity (Wildman–Crippen MR) is 57.3 cm³/mol. The van der Waals surface area contributed by atoms with Crippen molar-refractivity contribution in [2.75, 3.05) is 13.2 Å². The Bertz CT molecular complexity index is 266. The van der Waals surface area contributed by atoms with Gasteiger partial charge in [0.15, 0.2) is 0 Å². The summed E-state index contributed by atoms with van der Waals surface area (Å²) < 4.78 is 22.5. The van der Waals surface area contributed by atoms with E-state index in [4.69, 9.17) is 9.05 Å². The summed E-state index contributed by atoms with van der Waals surface area (Å²) in [6, 6.07) is 0. The lowest BCUT2D eigenvalue weighted by molar-refractivity contribution is 0.358. The van der Waals surface area contributed by atoms with Crippen LogP contribution in [0.5, 0.6) is 0 Å². The molecular weight excluding hydrogens is 199 g/mol. The fraction of sp³-hybridized carbons (Fsp3) is 0.800. The molecule has 0 N–H and O–H groups in total. The Kier molecular flexibility index (Phi) is 3.57. The Morgan fingerprint density at radius 3 is 2.21 bits per heavy atom. The lowest BCUT2D eigenvalue weighted by atomic mass is 9.96. The van der Waals surface area contributed by atoms with Crippen molar-refractivity contribution in [1.29, 1.82) is 0 Å². The van der Waals surface area contributed by atoms with Crippen molar-refractivity contribution in [1.82, 2.24) is 0 Å². The molecule has 14 heavy (non-hydrogen) atoms. The zero-order valence-electron chi connectivity index (χ0n) is 9.37. The maximum Gasteiger partial charge on any atom is 0.357 e. The monoisotopic (exact) mass is 218 g/mol. The van der Waals surface area contributed by atoms with Crippen LogP contribution in [0.2, 0.25) is 0 Å². The fourth-order valence-corrected chi connectivity index (χ4v) is 3.36. The summed E-state index contributed by atoms with van der Waals surface area (Å²) in [5.74, 6) is 0.